The highest BCUT2D eigenvalue weighted by molar-refractivity contribution is 5.78. The number of hydrogen-bond acceptors (Lipinski definition) is 2. The van der Waals surface area contributed by atoms with Crippen molar-refractivity contribution in [3.8, 4) is 0 Å². The number of likely N-dealkylation sites (tertiary alicyclic amines) is 1. The predicted octanol–water partition coefficient (Wildman–Crippen LogP) is 1.89. The summed E-state index contributed by atoms with van der Waals surface area (Å²) in [4.78, 5) is 25.0. The topological polar surface area (TPSA) is 57.6 Å². The number of hydrogen-bond donors (Lipinski definition) is 1. The summed E-state index contributed by atoms with van der Waals surface area (Å²) in [5.41, 5.74) is -0.587. The number of carboxylic acids is 1. The maximum atomic E-state index is 11.9. The molecule has 2 fully saturated rings. The second-order valence-corrected chi connectivity index (χ2v) is 5.47. The van der Waals surface area contributed by atoms with Crippen LogP contribution in [0.2, 0.25) is 0 Å². The molecule has 1 aliphatic carbocycles. The Labute approximate surface area is 102 Å². The van der Waals surface area contributed by atoms with Crippen LogP contribution in [-0.4, -0.2) is 35.0 Å². The lowest BCUT2D eigenvalue weighted by atomic mass is 9.76. The van der Waals surface area contributed by atoms with Crippen LogP contribution in [0.1, 0.15) is 45.4 Å². The van der Waals surface area contributed by atoms with E-state index in [0.717, 1.165) is 0 Å². The minimum absolute atomic E-state index is 0.225. The van der Waals surface area contributed by atoms with E-state index in [2.05, 4.69) is 0 Å². The molecule has 1 saturated carbocycles. The van der Waals surface area contributed by atoms with Gasteiger partial charge in [0.25, 0.3) is 0 Å². The summed E-state index contributed by atoms with van der Waals surface area (Å²) in [7, 11) is 0. The lowest BCUT2D eigenvalue weighted by Crippen LogP contribution is -2.46. The van der Waals surface area contributed by atoms with Gasteiger partial charge >= 0.3 is 5.97 Å². The zero-order valence-electron chi connectivity index (χ0n) is 10.4. The van der Waals surface area contributed by atoms with Gasteiger partial charge in [0.15, 0.2) is 0 Å². The average molecular weight is 239 g/mol. The fourth-order valence-electron chi connectivity index (χ4n) is 2.60. The van der Waals surface area contributed by atoms with Crippen molar-refractivity contribution in [1.29, 1.82) is 0 Å². The molecule has 0 spiro atoms. The van der Waals surface area contributed by atoms with Crippen LogP contribution in [0, 0.1) is 11.3 Å². The highest BCUT2D eigenvalue weighted by Gasteiger charge is 2.41. The van der Waals surface area contributed by atoms with Crippen molar-refractivity contribution in [2.75, 3.05) is 13.1 Å². The average Bonchev–Trinajstić information content (AvgIpc) is 3.12. The fraction of sp³-hybridized carbons (Fsp3) is 0.846. The number of carbonyl (C=O) groups excluding carboxylic acids is 1. The third kappa shape index (κ3) is 2.61. The molecule has 17 heavy (non-hydrogen) atoms. The molecule has 4 heteroatoms. The van der Waals surface area contributed by atoms with E-state index >= 15 is 0 Å². The van der Waals surface area contributed by atoms with Gasteiger partial charge in [0.2, 0.25) is 5.91 Å². The zero-order valence-corrected chi connectivity index (χ0v) is 10.4. The summed E-state index contributed by atoms with van der Waals surface area (Å²) in [6.45, 7) is 3.16. The van der Waals surface area contributed by atoms with Gasteiger partial charge < -0.3 is 10.0 Å². The molecule has 4 nitrogen and oxygen atoms in total. The summed E-state index contributed by atoms with van der Waals surface area (Å²) in [6.07, 6.45) is 4.92. The van der Waals surface area contributed by atoms with Crippen molar-refractivity contribution >= 4 is 11.9 Å². The van der Waals surface area contributed by atoms with Crippen molar-refractivity contribution in [3.63, 3.8) is 0 Å². The van der Waals surface area contributed by atoms with Crippen LogP contribution in [0.4, 0.5) is 0 Å². The summed E-state index contributed by atoms with van der Waals surface area (Å²) in [6, 6.07) is 0. The molecule has 1 aliphatic heterocycles. The van der Waals surface area contributed by atoms with E-state index in [4.69, 9.17) is 0 Å². The molecule has 0 aromatic heterocycles. The Hall–Kier alpha value is -1.06. The monoisotopic (exact) mass is 239 g/mol. The molecule has 1 amide bonds. The molecule has 2 rings (SSSR count). The fourth-order valence-corrected chi connectivity index (χ4v) is 2.60. The van der Waals surface area contributed by atoms with Crippen molar-refractivity contribution in [3.05, 3.63) is 0 Å². The molecule has 1 N–H and O–H groups in total. The van der Waals surface area contributed by atoms with Crippen LogP contribution < -0.4 is 0 Å². The van der Waals surface area contributed by atoms with Crippen LogP contribution in [0.25, 0.3) is 0 Å². The van der Waals surface area contributed by atoms with E-state index in [0.29, 0.717) is 44.7 Å². The molecule has 0 radical (unpaired) electrons. The van der Waals surface area contributed by atoms with Crippen molar-refractivity contribution in [2.24, 2.45) is 11.3 Å². The maximum absolute atomic E-state index is 11.9. The Morgan fingerprint density at radius 3 is 2.29 bits per heavy atom. The van der Waals surface area contributed by atoms with Crippen LogP contribution in [0.3, 0.4) is 0 Å². The first-order chi connectivity index (χ1) is 8.07. The first-order valence-electron chi connectivity index (χ1n) is 6.58. The van der Waals surface area contributed by atoms with E-state index in [1.54, 1.807) is 0 Å². The van der Waals surface area contributed by atoms with Crippen LogP contribution in [0.15, 0.2) is 0 Å². The number of carboxylic acid groups (broad SMARTS) is 1. The number of aliphatic carboxylic acids is 1. The summed E-state index contributed by atoms with van der Waals surface area (Å²) in [5, 5.41) is 9.27. The van der Waals surface area contributed by atoms with Crippen LogP contribution in [-0.2, 0) is 9.59 Å². The van der Waals surface area contributed by atoms with Gasteiger partial charge in [-0.2, -0.15) is 0 Å². The number of piperidine rings is 1. The first kappa shape index (κ1) is 12.4. The second kappa shape index (κ2) is 4.67. The van der Waals surface area contributed by atoms with E-state index < -0.39 is 11.4 Å². The SMILES string of the molecule is CCC1(C(=O)O)CCN(C(=O)CC2CC2)CC1. The Morgan fingerprint density at radius 2 is 1.88 bits per heavy atom. The molecule has 2 aliphatic rings. The van der Waals surface area contributed by atoms with Gasteiger partial charge in [0.1, 0.15) is 0 Å². The van der Waals surface area contributed by atoms with Gasteiger partial charge in [-0.3, -0.25) is 9.59 Å². The van der Waals surface area contributed by atoms with E-state index in [-0.39, 0.29) is 5.91 Å². The predicted molar refractivity (Wildman–Crippen MR) is 63.5 cm³/mol. The quantitative estimate of drug-likeness (QED) is 0.815. The van der Waals surface area contributed by atoms with Gasteiger partial charge in [-0.15, -0.1) is 0 Å². The smallest absolute Gasteiger partial charge is 0.309 e. The largest absolute Gasteiger partial charge is 0.481 e. The number of nitrogens with zero attached hydrogens (tertiary/aromatic N) is 1. The second-order valence-electron chi connectivity index (χ2n) is 5.47. The molecule has 96 valence electrons. The first-order valence-corrected chi connectivity index (χ1v) is 6.58. The lowest BCUT2D eigenvalue weighted by molar-refractivity contribution is -0.154. The number of carbonyl (C=O) groups is 2. The molecule has 0 aromatic rings. The van der Waals surface area contributed by atoms with Crippen molar-refractivity contribution in [2.45, 2.75) is 45.4 Å². The Kier molecular flexibility index (Phi) is 3.40. The van der Waals surface area contributed by atoms with E-state index in [9.17, 15) is 14.7 Å². The number of amides is 1. The number of rotatable bonds is 4. The van der Waals surface area contributed by atoms with Gasteiger partial charge in [-0.1, -0.05) is 6.92 Å². The minimum atomic E-state index is -0.700. The van der Waals surface area contributed by atoms with E-state index in [1.807, 2.05) is 11.8 Å². The van der Waals surface area contributed by atoms with E-state index in [1.165, 1.54) is 12.8 Å². The third-order valence-electron chi connectivity index (χ3n) is 4.36. The summed E-state index contributed by atoms with van der Waals surface area (Å²) >= 11 is 0. The standard InChI is InChI=1S/C13H21NO3/c1-2-13(12(16)17)5-7-14(8-6-13)11(15)9-10-3-4-10/h10H,2-9H2,1H3,(H,16,17). The molecule has 0 unspecified atom stereocenters. The minimum Gasteiger partial charge on any atom is -0.481 e. The van der Waals surface area contributed by atoms with Crippen molar-refractivity contribution < 1.29 is 14.7 Å². The Bertz CT molecular complexity index is 315. The van der Waals surface area contributed by atoms with Crippen molar-refractivity contribution in [1.82, 2.24) is 4.90 Å². The van der Waals surface area contributed by atoms with Gasteiger partial charge in [0, 0.05) is 19.5 Å². The molecule has 0 aromatic carbocycles. The van der Waals surface area contributed by atoms with Gasteiger partial charge in [-0.05, 0) is 38.0 Å². The Morgan fingerprint density at radius 1 is 1.29 bits per heavy atom. The lowest BCUT2D eigenvalue weighted by Gasteiger charge is -2.38. The zero-order chi connectivity index (χ0) is 12.5. The molecule has 0 atom stereocenters. The third-order valence-corrected chi connectivity index (χ3v) is 4.36. The molecular formula is C13H21NO3. The molecule has 1 heterocycles. The van der Waals surface area contributed by atoms with Crippen LogP contribution in [0.5, 0.6) is 0 Å². The molecule has 1 saturated heterocycles. The van der Waals surface area contributed by atoms with Gasteiger partial charge in [-0.25, -0.2) is 0 Å². The summed E-state index contributed by atoms with van der Waals surface area (Å²) in [5.74, 6) is 0.136. The van der Waals surface area contributed by atoms with Gasteiger partial charge in [0.05, 0.1) is 5.41 Å². The Balaban J connectivity index is 1.87. The van der Waals surface area contributed by atoms with Crippen LogP contribution >= 0.6 is 0 Å². The highest BCUT2D eigenvalue weighted by Crippen LogP contribution is 2.37. The maximum Gasteiger partial charge on any atom is 0.309 e. The molecular weight excluding hydrogens is 218 g/mol. The molecule has 0 bridgehead atoms. The summed E-state index contributed by atoms with van der Waals surface area (Å²) < 4.78 is 0. The highest BCUT2D eigenvalue weighted by atomic mass is 16.4. The normalized spacial score (nSPS) is 23.5.